The zero-order chi connectivity index (χ0) is 22.5. The molecule has 5 nitrogen and oxygen atoms in total. The van der Waals surface area contributed by atoms with Gasteiger partial charge in [0.1, 0.15) is 0 Å². The first-order valence-electron chi connectivity index (χ1n) is 8.78. The molecule has 13 heteroatoms. The first-order chi connectivity index (χ1) is 13.7. The first kappa shape index (κ1) is 22.9. The molecule has 1 aromatic carbocycles. The molecule has 2 aliphatic heterocycles. The zero-order valence-corrected chi connectivity index (χ0v) is 17.1. The first-order valence-corrected chi connectivity index (χ1v) is 11.5. The van der Waals surface area contributed by atoms with Gasteiger partial charge in [0, 0.05) is 17.4 Å². The van der Waals surface area contributed by atoms with Gasteiger partial charge in [-0.2, -0.15) is 31.3 Å². The molecular weight excluding hydrogens is 458 g/mol. The van der Waals surface area contributed by atoms with Gasteiger partial charge in [-0.05, 0) is 24.6 Å². The van der Waals surface area contributed by atoms with Crippen molar-refractivity contribution in [3.05, 3.63) is 29.3 Å². The van der Waals surface area contributed by atoms with E-state index in [2.05, 4.69) is 4.99 Å². The van der Waals surface area contributed by atoms with Crippen LogP contribution >= 0.6 is 11.8 Å². The summed E-state index contributed by atoms with van der Waals surface area (Å²) in [5.74, 6) is -1.34. The lowest BCUT2D eigenvalue weighted by Crippen LogP contribution is -2.38. The molecule has 3 rings (SSSR count). The number of rotatable bonds is 3. The molecule has 0 saturated carbocycles. The standard InChI is InChI=1S/C17H16F6N2O3S2/c1-2-3-14(26)24-15-25(12-7-30(27,28)8-13(12)29-15)11-5-9(16(18,19)20)4-10(6-11)17(21,22)23/h4-6,12-13H,2-3,7-8H2,1H3/t12-,13+/m1/s1. The number of carbonyl (C=O) groups is 1. The number of aliphatic imine (C=N–C) groups is 1. The topological polar surface area (TPSA) is 66.8 Å². The summed E-state index contributed by atoms with van der Waals surface area (Å²) in [6, 6.07) is 0.110. The van der Waals surface area contributed by atoms with Crippen LogP contribution < -0.4 is 4.90 Å². The van der Waals surface area contributed by atoms with Crippen LogP contribution in [0.3, 0.4) is 0 Å². The van der Waals surface area contributed by atoms with Crippen LogP contribution in [0.4, 0.5) is 32.0 Å². The number of sulfone groups is 1. The van der Waals surface area contributed by atoms with Gasteiger partial charge in [0.15, 0.2) is 15.0 Å². The predicted octanol–water partition coefficient (Wildman–Crippen LogP) is 4.13. The lowest BCUT2D eigenvalue weighted by molar-refractivity contribution is -0.143. The Balaban J connectivity index is 2.16. The summed E-state index contributed by atoms with van der Waals surface area (Å²) < 4.78 is 103. The summed E-state index contributed by atoms with van der Waals surface area (Å²) in [7, 11) is -3.53. The Hall–Kier alpha value is -1.76. The summed E-state index contributed by atoms with van der Waals surface area (Å²) in [6.07, 6.45) is -9.62. The zero-order valence-electron chi connectivity index (χ0n) is 15.4. The highest BCUT2D eigenvalue weighted by Crippen LogP contribution is 2.44. The van der Waals surface area contributed by atoms with E-state index in [0.29, 0.717) is 18.6 Å². The summed E-state index contributed by atoms with van der Waals surface area (Å²) in [6.45, 7) is 1.71. The quantitative estimate of drug-likeness (QED) is 0.617. The average molecular weight is 474 g/mol. The van der Waals surface area contributed by atoms with Crippen molar-refractivity contribution in [2.24, 2.45) is 4.99 Å². The number of amides is 1. The highest BCUT2D eigenvalue weighted by atomic mass is 32.2. The smallest absolute Gasteiger partial charge is 0.316 e. The number of carbonyl (C=O) groups excluding carboxylic acids is 1. The van der Waals surface area contributed by atoms with Crippen LogP contribution in [0, 0.1) is 0 Å². The van der Waals surface area contributed by atoms with Crippen LogP contribution in [0.5, 0.6) is 0 Å². The van der Waals surface area contributed by atoms with Gasteiger partial charge in [0.2, 0.25) is 5.91 Å². The van der Waals surface area contributed by atoms with Gasteiger partial charge in [-0.3, -0.25) is 4.79 Å². The molecule has 2 fully saturated rings. The third kappa shape index (κ3) is 4.76. The molecule has 0 aliphatic carbocycles. The van der Waals surface area contributed by atoms with Crippen LogP contribution in [0.15, 0.2) is 23.2 Å². The molecule has 1 aromatic rings. The molecular formula is C17H16F6N2O3S2. The summed E-state index contributed by atoms with van der Waals surface area (Å²) in [5, 5.41) is -0.738. The molecule has 2 heterocycles. The van der Waals surface area contributed by atoms with Gasteiger partial charge in [-0.15, -0.1) is 0 Å². The molecule has 0 unspecified atom stereocenters. The Bertz CT molecular complexity index is 956. The van der Waals surface area contributed by atoms with E-state index in [1.807, 2.05) is 0 Å². The van der Waals surface area contributed by atoms with Crippen molar-refractivity contribution in [1.82, 2.24) is 0 Å². The molecule has 1 amide bonds. The molecule has 0 spiro atoms. The Morgan fingerprint density at radius 2 is 1.67 bits per heavy atom. The second-order valence-electron chi connectivity index (χ2n) is 6.97. The van der Waals surface area contributed by atoms with Crippen LogP contribution in [0.25, 0.3) is 0 Å². The highest BCUT2D eigenvalue weighted by molar-refractivity contribution is 8.16. The van der Waals surface area contributed by atoms with Crippen molar-refractivity contribution >= 4 is 38.4 Å². The number of amidine groups is 1. The molecule has 0 bridgehead atoms. The normalized spacial score (nSPS) is 25.0. The van der Waals surface area contributed by atoms with Crippen molar-refractivity contribution < 1.29 is 39.6 Å². The Morgan fingerprint density at radius 3 is 2.17 bits per heavy atom. The minimum absolute atomic E-state index is 0.00532. The highest BCUT2D eigenvalue weighted by Gasteiger charge is 2.50. The van der Waals surface area contributed by atoms with E-state index in [-0.39, 0.29) is 23.4 Å². The number of hydrogen-bond acceptors (Lipinski definition) is 4. The number of benzene rings is 1. The fourth-order valence-electron chi connectivity index (χ4n) is 3.32. The van der Waals surface area contributed by atoms with Crippen LogP contribution in [0.1, 0.15) is 30.9 Å². The SMILES string of the molecule is CCCC(=O)N=C1S[C@H]2CS(=O)(=O)C[C@H]2N1c1cc(C(F)(F)F)cc(C(F)(F)F)c1. The van der Waals surface area contributed by atoms with Crippen molar-refractivity contribution in [3.8, 4) is 0 Å². The third-order valence-corrected chi connectivity index (χ3v) is 7.81. The molecule has 2 saturated heterocycles. The third-order valence-electron chi connectivity index (χ3n) is 4.60. The van der Waals surface area contributed by atoms with Gasteiger partial charge >= 0.3 is 12.4 Å². The fraction of sp³-hybridized carbons (Fsp3) is 0.529. The van der Waals surface area contributed by atoms with E-state index in [1.165, 1.54) is 0 Å². The summed E-state index contributed by atoms with van der Waals surface area (Å²) in [4.78, 5) is 16.8. The van der Waals surface area contributed by atoms with E-state index in [9.17, 15) is 39.6 Å². The number of thioether (sulfide) groups is 1. The lowest BCUT2D eigenvalue weighted by atomic mass is 10.1. The maximum absolute atomic E-state index is 13.3. The summed E-state index contributed by atoms with van der Waals surface area (Å²) >= 11 is 0.881. The second kappa shape index (κ2) is 7.74. The molecule has 30 heavy (non-hydrogen) atoms. The van der Waals surface area contributed by atoms with E-state index >= 15 is 0 Å². The van der Waals surface area contributed by atoms with E-state index in [0.717, 1.165) is 16.7 Å². The Morgan fingerprint density at radius 1 is 1.10 bits per heavy atom. The van der Waals surface area contributed by atoms with Gasteiger partial charge in [-0.25, -0.2) is 8.42 Å². The summed E-state index contributed by atoms with van der Waals surface area (Å²) in [5.41, 5.74) is -3.56. The molecule has 2 atom stereocenters. The van der Waals surface area contributed by atoms with Crippen LogP contribution in [-0.2, 0) is 27.0 Å². The molecule has 0 radical (unpaired) electrons. The largest absolute Gasteiger partial charge is 0.416 e. The second-order valence-corrected chi connectivity index (χ2v) is 10.3. The number of halogens is 6. The van der Waals surface area contributed by atoms with E-state index in [4.69, 9.17) is 0 Å². The maximum atomic E-state index is 13.3. The molecule has 166 valence electrons. The van der Waals surface area contributed by atoms with Gasteiger partial charge < -0.3 is 4.90 Å². The lowest BCUT2D eigenvalue weighted by Gasteiger charge is -2.26. The Kier molecular flexibility index (Phi) is 5.91. The van der Waals surface area contributed by atoms with Crippen molar-refractivity contribution in [2.45, 2.75) is 43.4 Å². The number of hydrogen-bond donors (Lipinski definition) is 0. The maximum Gasteiger partial charge on any atom is 0.416 e. The van der Waals surface area contributed by atoms with Crippen molar-refractivity contribution in [1.29, 1.82) is 0 Å². The minimum atomic E-state index is -5.06. The number of alkyl halides is 6. The van der Waals surface area contributed by atoms with Crippen molar-refractivity contribution in [2.75, 3.05) is 16.4 Å². The van der Waals surface area contributed by atoms with Gasteiger partial charge in [0.25, 0.3) is 0 Å². The van der Waals surface area contributed by atoms with Crippen molar-refractivity contribution in [3.63, 3.8) is 0 Å². The Labute approximate surface area is 172 Å². The van der Waals surface area contributed by atoms with Gasteiger partial charge in [0.05, 0.1) is 28.7 Å². The molecule has 2 aliphatic rings. The number of nitrogens with zero attached hydrogens (tertiary/aromatic N) is 2. The molecule has 0 N–H and O–H groups in total. The van der Waals surface area contributed by atoms with Crippen LogP contribution in [-0.4, -0.2) is 42.3 Å². The number of anilines is 1. The van der Waals surface area contributed by atoms with Crippen LogP contribution in [0.2, 0.25) is 0 Å². The van der Waals surface area contributed by atoms with E-state index < -0.39 is 62.0 Å². The minimum Gasteiger partial charge on any atom is -0.316 e. The molecule has 0 aromatic heterocycles. The predicted molar refractivity (Wildman–Crippen MR) is 100 cm³/mol. The fourth-order valence-corrected chi connectivity index (χ4v) is 7.25. The van der Waals surface area contributed by atoms with Gasteiger partial charge in [-0.1, -0.05) is 18.7 Å². The average Bonchev–Trinajstić information content (AvgIpc) is 3.03. The number of fused-ring (bicyclic) bond motifs is 1. The monoisotopic (exact) mass is 474 g/mol. The van der Waals surface area contributed by atoms with E-state index in [1.54, 1.807) is 6.92 Å².